The van der Waals surface area contributed by atoms with Crippen LogP contribution in [0.1, 0.15) is 24.8 Å². The lowest BCUT2D eigenvalue weighted by Gasteiger charge is -2.36. The molecule has 0 atom stereocenters. The van der Waals surface area contributed by atoms with Gasteiger partial charge in [-0.15, -0.1) is 11.3 Å². The summed E-state index contributed by atoms with van der Waals surface area (Å²) >= 11 is 1.80. The second-order valence-electron chi connectivity index (χ2n) is 10.3. The number of aryl methyl sites for hydroxylation is 1. The Hall–Kier alpha value is -3.18. The van der Waals surface area contributed by atoms with Gasteiger partial charge in [0.2, 0.25) is 5.91 Å². The Labute approximate surface area is 245 Å². The number of hydrogen-bond acceptors (Lipinski definition) is 9. The Bertz CT molecular complexity index is 1310. The van der Waals surface area contributed by atoms with E-state index in [0.29, 0.717) is 38.4 Å². The van der Waals surface area contributed by atoms with Crippen LogP contribution in [0.2, 0.25) is 0 Å². The molecule has 1 saturated heterocycles. The molecule has 2 aromatic carbocycles. The molecular weight excluding hydrogens is 542 g/mol. The largest absolute Gasteiger partial charge is 0.494 e. The molecule has 220 valence electrons. The van der Waals surface area contributed by atoms with Crippen LogP contribution in [-0.4, -0.2) is 89.8 Å². The summed E-state index contributed by atoms with van der Waals surface area (Å²) in [5, 5.41) is 3.54. The summed E-state index contributed by atoms with van der Waals surface area (Å²) in [6.07, 6.45) is 3.06. The van der Waals surface area contributed by atoms with E-state index < -0.39 is 5.97 Å². The Morgan fingerprint density at radius 1 is 0.951 bits per heavy atom. The molecule has 3 heterocycles. The first kappa shape index (κ1) is 29.3. The van der Waals surface area contributed by atoms with Crippen molar-refractivity contribution in [1.29, 1.82) is 0 Å². The molecule has 0 spiro atoms. The SMILES string of the molecule is COCCOCC(=O)OCN1C(=O)CCc2ccc(OCCCCN3CCN(c4cccc5sccc45)CC3)cc21. The fourth-order valence-corrected chi connectivity index (χ4v) is 6.13. The first-order valence-corrected chi connectivity index (χ1v) is 15.2. The quantitative estimate of drug-likeness (QED) is 0.206. The standard InChI is InChI=1S/C31H39N3O6S/c1-37-18-19-38-22-31(36)40-23-34-28-21-25(9-7-24(28)8-10-30(34)35)39-17-3-2-12-32-13-15-33(16-14-32)27-5-4-6-29-26(27)11-20-41-29/h4-7,9,11,20-21H,2-3,8,10,12-19,22-23H2,1H3. The summed E-state index contributed by atoms with van der Waals surface area (Å²) in [6.45, 7) is 6.30. The van der Waals surface area contributed by atoms with Crippen molar-refractivity contribution in [3.05, 3.63) is 53.4 Å². The maximum atomic E-state index is 12.6. The van der Waals surface area contributed by atoms with Gasteiger partial charge >= 0.3 is 5.97 Å². The van der Waals surface area contributed by atoms with Crippen LogP contribution < -0.4 is 14.5 Å². The van der Waals surface area contributed by atoms with Gasteiger partial charge in [0.1, 0.15) is 12.4 Å². The molecule has 0 unspecified atom stereocenters. The van der Waals surface area contributed by atoms with E-state index >= 15 is 0 Å². The molecule has 9 nitrogen and oxygen atoms in total. The number of thiophene rings is 1. The van der Waals surface area contributed by atoms with Crippen molar-refractivity contribution in [3.63, 3.8) is 0 Å². The molecule has 2 aliphatic rings. The molecule has 1 fully saturated rings. The van der Waals surface area contributed by atoms with E-state index in [2.05, 4.69) is 39.4 Å². The number of carbonyl (C=O) groups is 2. The van der Waals surface area contributed by atoms with E-state index in [1.807, 2.05) is 18.2 Å². The van der Waals surface area contributed by atoms with E-state index in [1.54, 1.807) is 18.4 Å². The van der Waals surface area contributed by atoms with Gasteiger partial charge in [-0.3, -0.25) is 14.6 Å². The molecule has 0 N–H and O–H groups in total. The molecule has 5 rings (SSSR count). The van der Waals surface area contributed by atoms with Crippen molar-refractivity contribution in [2.24, 2.45) is 0 Å². The molecule has 0 saturated carbocycles. The van der Waals surface area contributed by atoms with Crippen LogP contribution in [0.15, 0.2) is 47.8 Å². The van der Waals surface area contributed by atoms with Gasteiger partial charge in [0, 0.05) is 61.5 Å². The van der Waals surface area contributed by atoms with Crippen molar-refractivity contribution in [2.45, 2.75) is 25.7 Å². The highest BCUT2D eigenvalue weighted by atomic mass is 32.1. The van der Waals surface area contributed by atoms with Crippen molar-refractivity contribution >= 4 is 44.7 Å². The summed E-state index contributed by atoms with van der Waals surface area (Å²) < 4.78 is 22.8. The lowest BCUT2D eigenvalue weighted by Crippen LogP contribution is -2.46. The van der Waals surface area contributed by atoms with E-state index in [1.165, 1.54) is 20.7 Å². The number of esters is 1. The first-order valence-electron chi connectivity index (χ1n) is 14.3. The molecule has 3 aromatic rings. The van der Waals surface area contributed by atoms with Gasteiger partial charge in [-0.25, -0.2) is 4.79 Å². The van der Waals surface area contributed by atoms with Gasteiger partial charge in [0.05, 0.1) is 25.5 Å². The lowest BCUT2D eigenvalue weighted by atomic mass is 10.0. The zero-order valence-corrected chi connectivity index (χ0v) is 24.5. The average molecular weight is 582 g/mol. The number of amides is 1. The second-order valence-corrected chi connectivity index (χ2v) is 11.2. The second kappa shape index (κ2) is 14.6. The molecule has 41 heavy (non-hydrogen) atoms. The van der Waals surface area contributed by atoms with Crippen molar-refractivity contribution in [2.75, 3.05) is 82.8 Å². The van der Waals surface area contributed by atoms with Gasteiger partial charge in [-0.2, -0.15) is 0 Å². The maximum absolute atomic E-state index is 12.6. The molecule has 0 bridgehead atoms. The van der Waals surface area contributed by atoms with Gasteiger partial charge in [-0.05, 0) is 61.0 Å². The smallest absolute Gasteiger partial charge is 0.333 e. The average Bonchev–Trinajstić information content (AvgIpc) is 3.48. The van der Waals surface area contributed by atoms with Crippen LogP contribution in [0, 0.1) is 0 Å². The Balaban J connectivity index is 1.03. The van der Waals surface area contributed by atoms with E-state index in [9.17, 15) is 9.59 Å². The lowest BCUT2D eigenvalue weighted by molar-refractivity contribution is -0.149. The number of piperazine rings is 1. The van der Waals surface area contributed by atoms with Gasteiger partial charge in [0.15, 0.2) is 6.73 Å². The third kappa shape index (κ3) is 7.77. The fourth-order valence-electron chi connectivity index (χ4n) is 5.32. The van der Waals surface area contributed by atoms with Crippen LogP contribution in [0.25, 0.3) is 10.1 Å². The zero-order valence-electron chi connectivity index (χ0n) is 23.7. The number of ether oxygens (including phenoxy) is 4. The fraction of sp³-hybridized carbons (Fsp3) is 0.484. The molecular formula is C31H39N3O6S. The maximum Gasteiger partial charge on any atom is 0.333 e. The minimum Gasteiger partial charge on any atom is -0.494 e. The van der Waals surface area contributed by atoms with Crippen molar-refractivity contribution in [1.82, 2.24) is 4.90 Å². The van der Waals surface area contributed by atoms with Crippen LogP contribution in [0.4, 0.5) is 11.4 Å². The highest BCUT2D eigenvalue weighted by molar-refractivity contribution is 7.17. The number of carbonyl (C=O) groups excluding carboxylic acids is 2. The third-order valence-corrected chi connectivity index (χ3v) is 8.47. The van der Waals surface area contributed by atoms with Crippen LogP contribution >= 0.6 is 11.3 Å². The minimum absolute atomic E-state index is 0.0742. The van der Waals surface area contributed by atoms with Gasteiger partial charge in [-0.1, -0.05) is 12.1 Å². The Morgan fingerprint density at radius 3 is 2.68 bits per heavy atom. The van der Waals surface area contributed by atoms with E-state index in [4.69, 9.17) is 18.9 Å². The number of hydrogen-bond donors (Lipinski definition) is 0. The molecule has 0 aliphatic carbocycles. The van der Waals surface area contributed by atoms with Crippen LogP contribution in [-0.2, 0) is 30.2 Å². The third-order valence-electron chi connectivity index (χ3n) is 7.59. The summed E-state index contributed by atoms with van der Waals surface area (Å²) in [5.41, 5.74) is 3.13. The number of unbranched alkanes of at least 4 members (excludes halogenated alkanes) is 1. The molecule has 2 aliphatic heterocycles. The normalized spacial score (nSPS) is 15.8. The number of anilines is 2. The summed E-state index contributed by atoms with van der Waals surface area (Å²) in [6, 6.07) is 14.7. The Morgan fingerprint density at radius 2 is 1.83 bits per heavy atom. The van der Waals surface area contributed by atoms with Crippen LogP contribution in [0.5, 0.6) is 5.75 Å². The summed E-state index contributed by atoms with van der Waals surface area (Å²) in [7, 11) is 1.57. The monoisotopic (exact) mass is 581 g/mol. The summed E-state index contributed by atoms with van der Waals surface area (Å²) in [4.78, 5) is 31.2. The number of rotatable bonds is 14. The van der Waals surface area contributed by atoms with Gasteiger partial charge in [0.25, 0.3) is 0 Å². The van der Waals surface area contributed by atoms with Crippen LogP contribution in [0.3, 0.4) is 0 Å². The Kier molecular flexibility index (Phi) is 10.5. The first-order chi connectivity index (χ1) is 20.1. The predicted molar refractivity (Wildman–Crippen MR) is 161 cm³/mol. The topological polar surface area (TPSA) is 80.8 Å². The number of benzene rings is 2. The van der Waals surface area contributed by atoms with Gasteiger partial charge < -0.3 is 23.8 Å². The number of nitrogens with zero attached hydrogens (tertiary/aromatic N) is 3. The van der Waals surface area contributed by atoms with Crippen molar-refractivity contribution in [3.8, 4) is 5.75 Å². The number of fused-ring (bicyclic) bond motifs is 2. The zero-order chi connectivity index (χ0) is 28.4. The van der Waals surface area contributed by atoms with E-state index in [-0.39, 0.29) is 19.2 Å². The highest BCUT2D eigenvalue weighted by Crippen LogP contribution is 2.32. The molecule has 0 radical (unpaired) electrons. The van der Waals surface area contributed by atoms with E-state index in [0.717, 1.165) is 56.8 Å². The minimum atomic E-state index is -0.519. The number of methoxy groups -OCH3 is 1. The highest BCUT2D eigenvalue weighted by Gasteiger charge is 2.26. The molecule has 1 amide bonds. The predicted octanol–water partition coefficient (Wildman–Crippen LogP) is 4.33. The van der Waals surface area contributed by atoms with Crippen molar-refractivity contribution < 1.29 is 28.5 Å². The molecule has 1 aromatic heterocycles. The molecule has 10 heteroatoms. The summed E-state index contributed by atoms with van der Waals surface area (Å²) in [5.74, 6) is 0.124.